The first-order valence-corrected chi connectivity index (χ1v) is 6.56. The van der Waals surface area contributed by atoms with Crippen molar-refractivity contribution in [2.75, 3.05) is 19.6 Å². The van der Waals surface area contributed by atoms with Crippen molar-refractivity contribution in [2.45, 2.75) is 32.7 Å². The number of carboxylic acid groups (broad SMARTS) is 1. The van der Waals surface area contributed by atoms with Crippen molar-refractivity contribution in [3.05, 3.63) is 0 Å². The van der Waals surface area contributed by atoms with Gasteiger partial charge in [-0.2, -0.15) is 0 Å². The van der Waals surface area contributed by atoms with Crippen LogP contribution in [0.25, 0.3) is 0 Å². The van der Waals surface area contributed by atoms with Gasteiger partial charge in [0.05, 0.1) is 5.92 Å². The van der Waals surface area contributed by atoms with Crippen LogP contribution < -0.4 is 10.6 Å². The van der Waals surface area contributed by atoms with Gasteiger partial charge in [-0.05, 0) is 12.8 Å². The van der Waals surface area contributed by atoms with Crippen molar-refractivity contribution in [1.29, 1.82) is 0 Å². The lowest BCUT2D eigenvalue weighted by atomic mass is 10.1. The number of rotatable bonds is 5. The van der Waals surface area contributed by atoms with Crippen LogP contribution in [0.1, 0.15) is 26.7 Å². The third kappa shape index (κ3) is 3.84. The van der Waals surface area contributed by atoms with Gasteiger partial charge in [-0.1, -0.05) is 13.8 Å². The zero-order valence-electron chi connectivity index (χ0n) is 11.3. The van der Waals surface area contributed by atoms with E-state index in [1.165, 1.54) is 4.90 Å². The Balaban J connectivity index is 2.56. The Labute approximate surface area is 112 Å². The fourth-order valence-electron chi connectivity index (χ4n) is 2.08. The minimum atomic E-state index is -0.925. The SMILES string of the molecule is CCC(CNC(=O)N1CCNC(=O)C1CC)C(=O)O. The van der Waals surface area contributed by atoms with E-state index in [1.807, 2.05) is 6.92 Å². The van der Waals surface area contributed by atoms with Crippen LogP contribution in [0, 0.1) is 5.92 Å². The minimum Gasteiger partial charge on any atom is -0.481 e. The van der Waals surface area contributed by atoms with Crippen molar-refractivity contribution >= 4 is 17.9 Å². The fraction of sp³-hybridized carbons (Fsp3) is 0.750. The van der Waals surface area contributed by atoms with Crippen molar-refractivity contribution in [1.82, 2.24) is 15.5 Å². The van der Waals surface area contributed by atoms with E-state index in [4.69, 9.17) is 5.11 Å². The van der Waals surface area contributed by atoms with Crippen molar-refractivity contribution in [2.24, 2.45) is 5.92 Å². The monoisotopic (exact) mass is 271 g/mol. The average molecular weight is 271 g/mol. The van der Waals surface area contributed by atoms with E-state index < -0.39 is 17.9 Å². The Morgan fingerprint density at radius 1 is 1.53 bits per heavy atom. The van der Waals surface area contributed by atoms with Gasteiger partial charge in [-0.25, -0.2) is 4.79 Å². The van der Waals surface area contributed by atoms with Gasteiger partial charge in [0.25, 0.3) is 0 Å². The van der Waals surface area contributed by atoms with Gasteiger partial charge in [-0.15, -0.1) is 0 Å². The number of carbonyl (C=O) groups excluding carboxylic acids is 2. The van der Waals surface area contributed by atoms with Crippen LogP contribution in [-0.4, -0.2) is 53.6 Å². The molecule has 108 valence electrons. The van der Waals surface area contributed by atoms with Crippen LogP contribution in [0.4, 0.5) is 4.79 Å². The van der Waals surface area contributed by atoms with E-state index in [9.17, 15) is 14.4 Å². The zero-order chi connectivity index (χ0) is 14.4. The first-order chi connectivity index (χ1) is 9.01. The molecule has 3 amide bonds. The summed E-state index contributed by atoms with van der Waals surface area (Å²) in [6.45, 7) is 4.55. The van der Waals surface area contributed by atoms with Crippen LogP contribution >= 0.6 is 0 Å². The van der Waals surface area contributed by atoms with Crippen LogP contribution in [0.3, 0.4) is 0 Å². The Bertz CT molecular complexity index is 359. The molecule has 2 unspecified atom stereocenters. The third-order valence-electron chi connectivity index (χ3n) is 3.32. The summed E-state index contributed by atoms with van der Waals surface area (Å²) in [4.78, 5) is 35.9. The summed E-state index contributed by atoms with van der Waals surface area (Å²) in [7, 11) is 0. The quantitative estimate of drug-likeness (QED) is 0.656. The molecule has 0 aromatic heterocycles. The average Bonchev–Trinajstić information content (AvgIpc) is 2.38. The maximum absolute atomic E-state index is 12.0. The van der Waals surface area contributed by atoms with Crippen molar-refractivity contribution in [3.63, 3.8) is 0 Å². The summed E-state index contributed by atoms with van der Waals surface area (Å²) in [6, 6.07) is -0.847. The molecule has 1 rings (SSSR count). The lowest BCUT2D eigenvalue weighted by Crippen LogP contribution is -2.59. The van der Waals surface area contributed by atoms with Gasteiger partial charge >= 0.3 is 12.0 Å². The van der Waals surface area contributed by atoms with E-state index in [2.05, 4.69) is 10.6 Å². The van der Waals surface area contributed by atoms with Gasteiger partial charge in [0.1, 0.15) is 6.04 Å². The molecule has 1 heterocycles. The fourth-order valence-corrected chi connectivity index (χ4v) is 2.08. The van der Waals surface area contributed by atoms with E-state index in [0.717, 1.165) is 0 Å². The van der Waals surface area contributed by atoms with Gasteiger partial charge in [0.15, 0.2) is 0 Å². The van der Waals surface area contributed by atoms with Crippen molar-refractivity contribution < 1.29 is 19.5 Å². The lowest BCUT2D eigenvalue weighted by Gasteiger charge is -2.34. The predicted molar refractivity (Wildman–Crippen MR) is 68.6 cm³/mol. The zero-order valence-corrected chi connectivity index (χ0v) is 11.3. The largest absolute Gasteiger partial charge is 0.481 e. The van der Waals surface area contributed by atoms with E-state index in [1.54, 1.807) is 6.92 Å². The Morgan fingerprint density at radius 3 is 2.74 bits per heavy atom. The van der Waals surface area contributed by atoms with E-state index in [0.29, 0.717) is 25.9 Å². The Hall–Kier alpha value is -1.79. The molecule has 3 N–H and O–H groups in total. The molecule has 1 fully saturated rings. The summed E-state index contributed by atoms with van der Waals surface area (Å²) in [5.41, 5.74) is 0. The van der Waals surface area contributed by atoms with Gasteiger partial charge in [0.2, 0.25) is 5.91 Å². The maximum Gasteiger partial charge on any atom is 0.318 e. The number of piperazine rings is 1. The first-order valence-electron chi connectivity index (χ1n) is 6.56. The standard InChI is InChI=1S/C12H21N3O4/c1-3-8(11(17)18)7-14-12(19)15-6-5-13-10(16)9(15)4-2/h8-9H,3-7H2,1-2H3,(H,13,16)(H,14,19)(H,17,18). The highest BCUT2D eigenvalue weighted by molar-refractivity contribution is 5.88. The molecule has 0 radical (unpaired) electrons. The molecule has 0 aromatic rings. The minimum absolute atomic E-state index is 0.0826. The molecular weight excluding hydrogens is 250 g/mol. The molecule has 7 heteroatoms. The molecule has 1 aliphatic heterocycles. The molecular formula is C12H21N3O4. The molecule has 0 saturated carbocycles. The number of amides is 3. The molecule has 1 aliphatic rings. The summed E-state index contributed by atoms with van der Waals surface area (Å²) < 4.78 is 0. The number of nitrogens with zero attached hydrogens (tertiary/aromatic N) is 1. The van der Waals surface area contributed by atoms with Crippen molar-refractivity contribution in [3.8, 4) is 0 Å². The third-order valence-corrected chi connectivity index (χ3v) is 3.32. The van der Waals surface area contributed by atoms with Gasteiger partial charge in [-0.3, -0.25) is 9.59 Å². The Morgan fingerprint density at radius 2 is 2.21 bits per heavy atom. The van der Waals surface area contributed by atoms with Crippen LogP contribution in [0.15, 0.2) is 0 Å². The van der Waals surface area contributed by atoms with Crippen LogP contribution in [0.2, 0.25) is 0 Å². The summed E-state index contributed by atoms with van der Waals surface area (Å²) in [5.74, 6) is -1.68. The molecule has 0 bridgehead atoms. The normalized spacial score (nSPS) is 20.6. The predicted octanol–water partition coefficient (Wildman–Crippen LogP) is 0.0172. The van der Waals surface area contributed by atoms with E-state index >= 15 is 0 Å². The maximum atomic E-state index is 12.0. The summed E-state index contributed by atoms with van der Waals surface area (Å²) in [6.07, 6.45) is 0.989. The second-order valence-electron chi connectivity index (χ2n) is 4.54. The highest BCUT2D eigenvalue weighted by atomic mass is 16.4. The highest BCUT2D eigenvalue weighted by Crippen LogP contribution is 2.09. The number of carbonyl (C=O) groups is 3. The highest BCUT2D eigenvalue weighted by Gasteiger charge is 2.31. The molecule has 7 nitrogen and oxygen atoms in total. The molecule has 1 saturated heterocycles. The molecule has 0 aromatic carbocycles. The molecule has 0 aliphatic carbocycles. The van der Waals surface area contributed by atoms with Gasteiger partial charge in [0, 0.05) is 19.6 Å². The Kier molecular flexibility index (Phi) is 5.59. The number of nitrogens with one attached hydrogen (secondary N) is 2. The first kappa shape index (κ1) is 15.3. The summed E-state index contributed by atoms with van der Waals surface area (Å²) >= 11 is 0. The molecule has 19 heavy (non-hydrogen) atoms. The molecule has 2 atom stereocenters. The number of carboxylic acids is 1. The number of aliphatic carboxylic acids is 1. The topological polar surface area (TPSA) is 98.7 Å². The molecule has 0 spiro atoms. The smallest absolute Gasteiger partial charge is 0.318 e. The van der Waals surface area contributed by atoms with Crippen LogP contribution in [0.5, 0.6) is 0 Å². The van der Waals surface area contributed by atoms with Crippen LogP contribution in [-0.2, 0) is 9.59 Å². The second kappa shape index (κ2) is 6.96. The second-order valence-corrected chi connectivity index (χ2v) is 4.54. The van der Waals surface area contributed by atoms with Gasteiger partial charge < -0.3 is 20.6 Å². The number of hydrogen-bond acceptors (Lipinski definition) is 3. The van der Waals surface area contributed by atoms with E-state index in [-0.39, 0.29) is 18.5 Å². The lowest BCUT2D eigenvalue weighted by molar-refractivity contribution is -0.141. The number of hydrogen-bond donors (Lipinski definition) is 3. The number of urea groups is 1. The summed E-state index contributed by atoms with van der Waals surface area (Å²) in [5, 5.41) is 14.2.